The van der Waals surface area contributed by atoms with Crippen molar-refractivity contribution in [1.29, 1.82) is 0 Å². The van der Waals surface area contributed by atoms with Gasteiger partial charge < -0.3 is 14.6 Å². The molecule has 0 heterocycles. The number of rotatable bonds is 4. The third-order valence-electron chi connectivity index (χ3n) is 3.18. The molecular formula is C14H18O4. The van der Waals surface area contributed by atoms with E-state index in [1.54, 1.807) is 13.2 Å². The molecule has 1 N–H and O–H groups in total. The van der Waals surface area contributed by atoms with Crippen LogP contribution in [0, 0.1) is 0 Å². The largest absolute Gasteiger partial charge is 0.507 e. The third-order valence-corrected chi connectivity index (χ3v) is 3.18. The van der Waals surface area contributed by atoms with Crippen molar-refractivity contribution in [3.63, 3.8) is 0 Å². The minimum absolute atomic E-state index is 0.149. The SMILES string of the molecule is CCCC(=O)OC1CCc2cc(OC)cc(O)c21. The average Bonchev–Trinajstić information content (AvgIpc) is 2.73. The number of phenols is 1. The first kappa shape index (κ1) is 12.7. The van der Waals surface area contributed by atoms with Gasteiger partial charge in [0.05, 0.1) is 7.11 Å². The summed E-state index contributed by atoms with van der Waals surface area (Å²) < 4.78 is 10.5. The van der Waals surface area contributed by atoms with Gasteiger partial charge in [-0.15, -0.1) is 0 Å². The lowest BCUT2D eigenvalue weighted by molar-refractivity contribution is -0.149. The molecule has 1 aliphatic carbocycles. The van der Waals surface area contributed by atoms with Crippen molar-refractivity contribution in [3.8, 4) is 11.5 Å². The van der Waals surface area contributed by atoms with Crippen LogP contribution in [-0.4, -0.2) is 18.2 Å². The van der Waals surface area contributed by atoms with Crippen LogP contribution in [0.15, 0.2) is 12.1 Å². The molecule has 0 fully saturated rings. The van der Waals surface area contributed by atoms with Crippen molar-refractivity contribution in [3.05, 3.63) is 23.3 Å². The number of carbonyl (C=O) groups excluding carboxylic acids is 1. The summed E-state index contributed by atoms with van der Waals surface area (Å²) in [7, 11) is 1.56. The molecule has 0 saturated heterocycles. The molecule has 2 rings (SSSR count). The highest BCUT2D eigenvalue weighted by Gasteiger charge is 2.29. The molecule has 18 heavy (non-hydrogen) atoms. The standard InChI is InChI=1S/C14H18O4/c1-3-4-13(16)18-12-6-5-9-7-10(17-2)8-11(15)14(9)12/h7-8,12,15H,3-6H2,1-2H3. The average molecular weight is 250 g/mol. The fourth-order valence-corrected chi connectivity index (χ4v) is 2.34. The Morgan fingerprint density at radius 2 is 2.28 bits per heavy atom. The van der Waals surface area contributed by atoms with Gasteiger partial charge in [0, 0.05) is 18.1 Å². The van der Waals surface area contributed by atoms with E-state index in [2.05, 4.69) is 0 Å². The predicted octanol–water partition coefficient (Wildman–Crippen LogP) is 2.73. The number of phenolic OH excluding ortho intramolecular Hbond substituents is 1. The quantitative estimate of drug-likeness (QED) is 0.835. The number of methoxy groups -OCH3 is 1. The van der Waals surface area contributed by atoms with Gasteiger partial charge in [-0.3, -0.25) is 4.79 Å². The van der Waals surface area contributed by atoms with Crippen LogP contribution in [0.4, 0.5) is 0 Å². The van der Waals surface area contributed by atoms with E-state index in [1.807, 2.05) is 13.0 Å². The van der Waals surface area contributed by atoms with Crippen LogP contribution < -0.4 is 4.74 Å². The van der Waals surface area contributed by atoms with Crippen molar-refractivity contribution < 1.29 is 19.4 Å². The summed E-state index contributed by atoms with van der Waals surface area (Å²) >= 11 is 0. The van der Waals surface area contributed by atoms with Gasteiger partial charge in [-0.1, -0.05) is 6.92 Å². The van der Waals surface area contributed by atoms with Gasteiger partial charge in [0.25, 0.3) is 0 Å². The van der Waals surface area contributed by atoms with Gasteiger partial charge in [0.15, 0.2) is 0 Å². The zero-order chi connectivity index (χ0) is 13.1. The molecule has 0 saturated carbocycles. The number of carbonyl (C=O) groups is 1. The molecular weight excluding hydrogens is 232 g/mol. The lowest BCUT2D eigenvalue weighted by Crippen LogP contribution is -2.08. The van der Waals surface area contributed by atoms with Crippen LogP contribution in [0.2, 0.25) is 0 Å². The lowest BCUT2D eigenvalue weighted by atomic mass is 10.1. The van der Waals surface area contributed by atoms with Crippen LogP contribution >= 0.6 is 0 Å². The molecule has 0 aliphatic heterocycles. The maximum absolute atomic E-state index is 11.5. The Hall–Kier alpha value is -1.71. The van der Waals surface area contributed by atoms with Gasteiger partial charge in [-0.05, 0) is 30.9 Å². The fourth-order valence-electron chi connectivity index (χ4n) is 2.34. The second-order valence-electron chi connectivity index (χ2n) is 4.49. The number of aromatic hydroxyl groups is 1. The second-order valence-corrected chi connectivity index (χ2v) is 4.49. The van der Waals surface area contributed by atoms with Crippen molar-refractivity contribution in [2.24, 2.45) is 0 Å². The Labute approximate surface area is 107 Å². The molecule has 1 unspecified atom stereocenters. The predicted molar refractivity (Wildman–Crippen MR) is 66.7 cm³/mol. The van der Waals surface area contributed by atoms with E-state index in [0.717, 1.165) is 30.4 Å². The third kappa shape index (κ3) is 2.42. The summed E-state index contributed by atoms with van der Waals surface area (Å²) in [6, 6.07) is 3.45. The van der Waals surface area contributed by atoms with Gasteiger partial charge >= 0.3 is 5.97 Å². The van der Waals surface area contributed by atoms with E-state index in [0.29, 0.717) is 12.2 Å². The molecule has 0 bridgehead atoms. The van der Waals surface area contributed by atoms with E-state index in [4.69, 9.17) is 9.47 Å². The number of benzene rings is 1. The minimum Gasteiger partial charge on any atom is -0.507 e. The van der Waals surface area contributed by atoms with Crippen LogP contribution in [-0.2, 0) is 16.0 Å². The van der Waals surface area contributed by atoms with Crippen molar-refractivity contribution in [2.45, 2.75) is 38.7 Å². The first-order valence-corrected chi connectivity index (χ1v) is 6.25. The first-order valence-electron chi connectivity index (χ1n) is 6.25. The molecule has 0 aromatic heterocycles. The zero-order valence-corrected chi connectivity index (χ0v) is 10.7. The van der Waals surface area contributed by atoms with E-state index in [9.17, 15) is 9.90 Å². The highest BCUT2D eigenvalue weighted by atomic mass is 16.5. The van der Waals surface area contributed by atoms with Crippen molar-refractivity contribution in [2.75, 3.05) is 7.11 Å². The highest BCUT2D eigenvalue weighted by molar-refractivity contribution is 5.70. The van der Waals surface area contributed by atoms with Gasteiger partial charge in [0.2, 0.25) is 0 Å². The number of hydrogen-bond donors (Lipinski definition) is 1. The molecule has 0 radical (unpaired) electrons. The maximum Gasteiger partial charge on any atom is 0.306 e. The lowest BCUT2D eigenvalue weighted by Gasteiger charge is -2.15. The summed E-state index contributed by atoms with van der Waals surface area (Å²) in [6.45, 7) is 1.94. The molecule has 4 nitrogen and oxygen atoms in total. The Morgan fingerprint density at radius 1 is 1.50 bits per heavy atom. The molecule has 0 spiro atoms. The van der Waals surface area contributed by atoms with E-state index in [-0.39, 0.29) is 17.8 Å². The van der Waals surface area contributed by atoms with Crippen LogP contribution in [0.5, 0.6) is 11.5 Å². The van der Waals surface area contributed by atoms with Crippen LogP contribution in [0.3, 0.4) is 0 Å². The number of aryl methyl sites for hydroxylation is 1. The monoisotopic (exact) mass is 250 g/mol. The molecule has 0 amide bonds. The Balaban J connectivity index is 2.20. The normalized spacial score (nSPS) is 17.3. The zero-order valence-electron chi connectivity index (χ0n) is 10.7. The summed E-state index contributed by atoms with van der Waals surface area (Å²) in [5.41, 5.74) is 1.74. The fraction of sp³-hybridized carbons (Fsp3) is 0.500. The van der Waals surface area contributed by atoms with Crippen molar-refractivity contribution in [1.82, 2.24) is 0 Å². The smallest absolute Gasteiger partial charge is 0.306 e. The van der Waals surface area contributed by atoms with Gasteiger partial charge in [0.1, 0.15) is 17.6 Å². The Morgan fingerprint density at radius 3 is 2.94 bits per heavy atom. The summed E-state index contributed by atoms with van der Waals surface area (Å²) in [4.78, 5) is 11.5. The van der Waals surface area contributed by atoms with E-state index in [1.165, 1.54) is 0 Å². The highest BCUT2D eigenvalue weighted by Crippen LogP contribution is 2.42. The molecule has 1 atom stereocenters. The van der Waals surface area contributed by atoms with Crippen molar-refractivity contribution >= 4 is 5.97 Å². The summed E-state index contributed by atoms with van der Waals surface area (Å²) in [5.74, 6) is 0.577. The number of hydrogen-bond acceptors (Lipinski definition) is 4. The van der Waals surface area contributed by atoms with Gasteiger partial charge in [-0.25, -0.2) is 0 Å². The Kier molecular flexibility index (Phi) is 3.75. The summed E-state index contributed by atoms with van der Waals surface area (Å²) in [6.07, 6.45) is 2.40. The van der Waals surface area contributed by atoms with E-state index < -0.39 is 0 Å². The summed E-state index contributed by atoms with van der Waals surface area (Å²) in [5, 5.41) is 9.99. The van der Waals surface area contributed by atoms with Crippen LogP contribution in [0.1, 0.15) is 43.4 Å². The first-order chi connectivity index (χ1) is 8.65. The molecule has 4 heteroatoms. The number of esters is 1. The molecule has 1 aromatic rings. The van der Waals surface area contributed by atoms with Gasteiger partial charge in [-0.2, -0.15) is 0 Å². The number of ether oxygens (including phenoxy) is 2. The minimum atomic E-state index is -0.315. The molecule has 98 valence electrons. The van der Waals surface area contributed by atoms with E-state index >= 15 is 0 Å². The molecule has 1 aromatic carbocycles. The maximum atomic E-state index is 11.5. The second kappa shape index (κ2) is 5.29. The van der Waals surface area contributed by atoms with Crippen LogP contribution in [0.25, 0.3) is 0 Å². The number of fused-ring (bicyclic) bond motifs is 1. The topological polar surface area (TPSA) is 55.8 Å². The molecule has 1 aliphatic rings. The Bertz CT molecular complexity index is 453.